The lowest BCUT2D eigenvalue weighted by molar-refractivity contribution is -0.274. The quantitative estimate of drug-likeness (QED) is 0.771. The molecular weight excluding hydrogens is 297 g/mol. The Morgan fingerprint density at radius 3 is 2.23 bits per heavy atom. The van der Waals surface area contributed by atoms with Crippen molar-refractivity contribution in [1.29, 1.82) is 0 Å². The zero-order chi connectivity index (χ0) is 16.2. The lowest BCUT2D eigenvalue weighted by Gasteiger charge is -2.27. The molecule has 22 heavy (non-hydrogen) atoms. The summed E-state index contributed by atoms with van der Waals surface area (Å²) in [5.41, 5.74) is 0.983. The maximum atomic E-state index is 12.1. The first-order valence-electron chi connectivity index (χ1n) is 7.41. The smallest absolute Gasteiger partial charge is 0.466 e. The highest BCUT2D eigenvalue weighted by atomic mass is 19.4. The van der Waals surface area contributed by atoms with Gasteiger partial charge in [0, 0.05) is 0 Å². The van der Waals surface area contributed by atoms with Crippen molar-refractivity contribution in [1.82, 2.24) is 0 Å². The molecule has 0 amide bonds. The van der Waals surface area contributed by atoms with Gasteiger partial charge in [-0.05, 0) is 56.2 Å². The van der Waals surface area contributed by atoms with Crippen molar-refractivity contribution in [3.63, 3.8) is 0 Å². The molecule has 0 heterocycles. The zero-order valence-corrected chi connectivity index (χ0v) is 12.4. The molecule has 0 atom stereocenters. The fourth-order valence-electron chi connectivity index (χ4n) is 2.86. The number of ether oxygens (including phenoxy) is 2. The number of alkyl halides is 3. The Hall–Kier alpha value is -1.72. The van der Waals surface area contributed by atoms with Crippen LogP contribution in [0.4, 0.5) is 13.2 Å². The summed E-state index contributed by atoms with van der Waals surface area (Å²) in [6, 6.07) is 5.99. The fourth-order valence-corrected chi connectivity index (χ4v) is 2.86. The Balaban J connectivity index is 1.90. The highest BCUT2D eigenvalue weighted by Gasteiger charge is 2.31. The molecule has 6 heteroatoms. The zero-order valence-electron chi connectivity index (χ0n) is 12.4. The van der Waals surface area contributed by atoms with E-state index in [1.165, 1.54) is 12.1 Å². The van der Waals surface area contributed by atoms with Gasteiger partial charge in [-0.3, -0.25) is 4.79 Å². The van der Waals surface area contributed by atoms with E-state index in [4.69, 9.17) is 4.74 Å². The van der Waals surface area contributed by atoms with Crippen LogP contribution >= 0.6 is 0 Å². The number of hydrogen-bond acceptors (Lipinski definition) is 3. The predicted octanol–water partition coefficient (Wildman–Crippen LogP) is 4.42. The summed E-state index contributed by atoms with van der Waals surface area (Å²) in [6.45, 7) is 2.17. The van der Waals surface area contributed by atoms with E-state index in [2.05, 4.69) is 4.74 Å². The third-order valence-electron chi connectivity index (χ3n) is 3.93. The Bertz CT molecular complexity index is 488. The molecule has 122 valence electrons. The van der Waals surface area contributed by atoms with Gasteiger partial charge in [-0.15, -0.1) is 13.2 Å². The molecule has 1 fully saturated rings. The van der Waals surface area contributed by atoms with Gasteiger partial charge in [-0.1, -0.05) is 12.1 Å². The van der Waals surface area contributed by atoms with Crippen LogP contribution in [0.1, 0.15) is 44.1 Å². The van der Waals surface area contributed by atoms with Crippen molar-refractivity contribution in [3.8, 4) is 5.75 Å². The highest BCUT2D eigenvalue weighted by Crippen LogP contribution is 2.37. The third kappa shape index (κ3) is 4.64. The third-order valence-corrected chi connectivity index (χ3v) is 3.93. The van der Waals surface area contributed by atoms with Gasteiger partial charge in [-0.2, -0.15) is 0 Å². The van der Waals surface area contributed by atoms with E-state index in [1.807, 2.05) is 0 Å². The molecule has 0 spiro atoms. The van der Waals surface area contributed by atoms with Crippen LogP contribution in [-0.2, 0) is 9.53 Å². The second-order valence-corrected chi connectivity index (χ2v) is 5.42. The minimum absolute atomic E-state index is 0.0518. The van der Waals surface area contributed by atoms with Crippen molar-refractivity contribution in [2.45, 2.75) is 44.9 Å². The maximum absolute atomic E-state index is 12.1. The number of rotatable bonds is 4. The first kappa shape index (κ1) is 16.6. The second-order valence-electron chi connectivity index (χ2n) is 5.42. The first-order valence-corrected chi connectivity index (χ1v) is 7.41. The minimum atomic E-state index is -4.67. The van der Waals surface area contributed by atoms with Gasteiger partial charge in [0.15, 0.2) is 0 Å². The first-order chi connectivity index (χ1) is 10.4. The van der Waals surface area contributed by atoms with Gasteiger partial charge >= 0.3 is 12.3 Å². The molecule has 0 N–H and O–H groups in total. The van der Waals surface area contributed by atoms with Gasteiger partial charge in [0.05, 0.1) is 12.5 Å². The summed E-state index contributed by atoms with van der Waals surface area (Å²) < 4.78 is 45.2. The van der Waals surface area contributed by atoms with E-state index in [-0.39, 0.29) is 23.6 Å². The summed E-state index contributed by atoms with van der Waals surface area (Å²) in [4.78, 5) is 11.7. The maximum Gasteiger partial charge on any atom is 0.573 e. The summed E-state index contributed by atoms with van der Waals surface area (Å²) >= 11 is 0. The van der Waals surface area contributed by atoms with Crippen molar-refractivity contribution in [2.24, 2.45) is 5.92 Å². The molecule has 1 aromatic rings. The van der Waals surface area contributed by atoms with Crippen LogP contribution in [0.25, 0.3) is 0 Å². The van der Waals surface area contributed by atoms with Gasteiger partial charge in [0.2, 0.25) is 0 Å². The van der Waals surface area contributed by atoms with E-state index in [9.17, 15) is 18.0 Å². The SMILES string of the molecule is CCOC(=O)C1CCC(c2ccc(OC(F)(F)F)cc2)CC1. The van der Waals surface area contributed by atoms with Crippen molar-refractivity contribution >= 4 is 5.97 Å². The van der Waals surface area contributed by atoms with Gasteiger partial charge in [-0.25, -0.2) is 0 Å². The molecule has 2 rings (SSSR count). The van der Waals surface area contributed by atoms with Gasteiger partial charge in [0.25, 0.3) is 0 Å². The van der Waals surface area contributed by atoms with E-state index in [1.54, 1.807) is 19.1 Å². The molecule has 1 aliphatic carbocycles. The van der Waals surface area contributed by atoms with E-state index in [0.717, 1.165) is 31.2 Å². The summed E-state index contributed by atoms with van der Waals surface area (Å²) in [5, 5.41) is 0. The number of carbonyl (C=O) groups is 1. The summed E-state index contributed by atoms with van der Waals surface area (Å²) in [5.74, 6) is -0.138. The Morgan fingerprint density at radius 1 is 1.14 bits per heavy atom. The normalized spacial score (nSPS) is 22.2. The number of hydrogen-bond donors (Lipinski definition) is 0. The average molecular weight is 316 g/mol. The molecule has 1 aliphatic rings. The molecule has 0 saturated heterocycles. The highest BCUT2D eigenvalue weighted by molar-refractivity contribution is 5.72. The Kier molecular flexibility index (Phi) is 5.32. The second kappa shape index (κ2) is 7.03. The van der Waals surface area contributed by atoms with Crippen LogP contribution < -0.4 is 4.74 Å². The molecule has 0 aromatic heterocycles. The molecule has 1 aromatic carbocycles. The van der Waals surface area contributed by atoms with Crippen LogP contribution in [0.15, 0.2) is 24.3 Å². The molecule has 0 radical (unpaired) electrons. The number of halogens is 3. The average Bonchev–Trinajstić information content (AvgIpc) is 2.47. The van der Waals surface area contributed by atoms with E-state index < -0.39 is 6.36 Å². The van der Waals surface area contributed by atoms with Crippen LogP contribution in [0.5, 0.6) is 5.75 Å². The number of benzene rings is 1. The van der Waals surface area contributed by atoms with Gasteiger partial charge < -0.3 is 9.47 Å². The van der Waals surface area contributed by atoms with E-state index in [0.29, 0.717) is 6.61 Å². The molecule has 3 nitrogen and oxygen atoms in total. The Morgan fingerprint density at radius 2 is 1.73 bits per heavy atom. The van der Waals surface area contributed by atoms with Crippen LogP contribution in [0, 0.1) is 5.92 Å². The van der Waals surface area contributed by atoms with Crippen LogP contribution in [0.2, 0.25) is 0 Å². The largest absolute Gasteiger partial charge is 0.573 e. The van der Waals surface area contributed by atoms with Crippen molar-refractivity contribution < 1.29 is 27.4 Å². The van der Waals surface area contributed by atoms with Crippen molar-refractivity contribution in [2.75, 3.05) is 6.61 Å². The molecular formula is C16H19F3O3. The standard InChI is InChI=1S/C16H19F3O3/c1-2-21-15(20)13-5-3-11(4-6-13)12-7-9-14(10-8-12)22-16(17,18)19/h7-11,13H,2-6H2,1H3. The predicted molar refractivity (Wildman–Crippen MR) is 74.5 cm³/mol. The lowest BCUT2D eigenvalue weighted by Crippen LogP contribution is -2.23. The van der Waals surface area contributed by atoms with Crippen molar-refractivity contribution in [3.05, 3.63) is 29.8 Å². The molecule has 0 bridgehead atoms. The number of carbonyl (C=O) groups excluding carboxylic acids is 1. The number of esters is 1. The topological polar surface area (TPSA) is 35.5 Å². The minimum Gasteiger partial charge on any atom is -0.466 e. The lowest BCUT2D eigenvalue weighted by atomic mass is 9.79. The fraction of sp³-hybridized carbons (Fsp3) is 0.562. The van der Waals surface area contributed by atoms with Crippen LogP contribution in [0.3, 0.4) is 0 Å². The monoisotopic (exact) mass is 316 g/mol. The molecule has 1 saturated carbocycles. The molecule has 0 unspecified atom stereocenters. The van der Waals surface area contributed by atoms with Gasteiger partial charge in [0.1, 0.15) is 5.75 Å². The summed E-state index contributed by atoms with van der Waals surface area (Å²) in [6.07, 6.45) is -1.49. The Labute approximate surface area is 127 Å². The molecule has 0 aliphatic heterocycles. The summed E-state index contributed by atoms with van der Waals surface area (Å²) in [7, 11) is 0. The van der Waals surface area contributed by atoms with Crippen LogP contribution in [-0.4, -0.2) is 18.9 Å². The van der Waals surface area contributed by atoms with E-state index >= 15 is 0 Å².